The van der Waals surface area contributed by atoms with Crippen molar-refractivity contribution in [2.24, 2.45) is 0 Å². The van der Waals surface area contributed by atoms with Crippen molar-refractivity contribution in [3.63, 3.8) is 0 Å². The van der Waals surface area contributed by atoms with Gasteiger partial charge >= 0.3 is 5.97 Å². The van der Waals surface area contributed by atoms with Gasteiger partial charge in [-0.15, -0.1) is 0 Å². The number of carboxylic acids is 1. The summed E-state index contributed by atoms with van der Waals surface area (Å²) in [5, 5.41) is 11.9. The number of hydrogen-bond acceptors (Lipinski definition) is 5. The largest absolute Gasteiger partial charge is 0.478 e. The van der Waals surface area contributed by atoms with Crippen molar-refractivity contribution in [2.45, 2.75) is 19.4 Å². The molecular weight excluding hydrogens is 270 g/mol. The Kier molecular flexibility index (Phi) is 4.48. The average Bonchev–Trinajstić information content (AvgIpc) is 2.23. The Hall–Kier alpha value is -1.67. The molecule has 0 unspecified atom stereocenters. The van der Waals surface area contributed by atoms with Gasteiger partial charge in [0, 0.05) is 18.3 Å². The standard InChI is InChI=1S/C11H17N3O4S/c1-11(2,14-19(3,17)18)7-13-9-6-12-5-4-8(9)10(15)16/h4-6,13-14H,7H2,1-3H3,(H,15,16). The molecule has 1 rings (SSSR count). The maximum Gasteiger partial charge on any atom is 0.337 e. The van der Waals surface area contributed by atoms with Crippen LogP contribution >= 0.6 is 0 Å². The third-order valence-corrected chi connectivity index (χ3v) is 3.16. The molecular formula is C11H17N3O4S. The van der Waals surface area contributed by atoms with E-state index < -0.39 is 21.5 Å². The van der Waals surface area contributed by atoms with Gasteiger partial charge in [0.1, 0.15) is 0 Å². The number of sulfonamides is 1. The second kappa shape index (κ2) is 5.54. The molecule has 0 radical (unpaired) electrons. The first-order valence-electron chi connectivity index (χ1n) is 5.51. The van der Waals surface area contributed by atoms with Gasteiger partial charge < -0.3 is 10.4 Å². The summed E-state index contributed by atoms with van der Waals surface area (Å²) in [7, 11) is -3.33. The normalized spacial score (nSPS) is 12.2. The zero-order valence-corrected chi connectivity index (χ0v) is 11.8. The van der Waals surface area contributed by atoms with E-state index in [4.69, 9.17) is 5.11 Å². The predicted molar refractivity (Wildman–Crippen MR) is 71.7 cm³/mol. The number of nitrogens with one attached hydrogen (secondary N) is 2. The first-order chi connectivity index (χ1) is 8.61. The molecule has 7 nitrogen and oxygen atoms in total. The molecule has 1 aromatic rings. The Morgan fingerprint density at radius 3 is 2.63 bits per heavy atom. The highest BCUT2D eigenvalue weighted by atomic mass is 32.2. The molecule has 0 aliphatic heterocycles. The van der Waals surface area contributed by atoms with E-state index in [1.54, 1.807) is 13.8 Å². The molecule has 0 fully saturated rings. The van der Waals surface area contributed by atoms with Gasteiger partial charge in [-0.1, -0.05) is 0 Å². The van der Waals surface area contributed by atoms with E-state index in [-0.39, 0.29) is 12.1 Å². The van der Waals surface area contributed by atoms with E-state index in [2.05, 4.69) is 15.0 Å². The van der Waals surface area contributed by atoms with Gasteiger partial charge in [-0.2, -0.15) is 0 Å². The van der Waals surface area contributed by atoms with Crippen LogP contribution in [0.5, 0.6) is 0 Å². The number of aromatic nitrogens is 1. The fraction of sp³-hybridized carbons (Fsp3) is 0.455. The number of anilines is 1. The van der Waals surface area contributed by atoms with E-state index in [9.17, 15) is 13.2 Å². The van der Waals surface area contributed by atoms with E-state index in [1.165, 1.54) is 18.5 Å². The third-order valence-electron chi connectivity index (χ3n) is 2.23. The van der Waals surface area contributed by atoms with Gasteiger partial charge in [0.15, 0.2) is 0 Å². The maximum atomic E-state index is 11.2. The lowest BCUT2D eigenvalue weighted by molar-refractivity contribution is 0.0697. The first kappa shape index (κ1) is 15.4. The van der Waals surface area contributed by atoms with Crippen LogP contribution in [0.4, 0.5) is 5.69 Å². The summed E-state index contributed by atoms with van der Waals surface area (Å²) >= 11 is 0. The summed E-state index contributed by atoms with van der Waals surface area (Å²) < 4.78 is 24.8. The number of aromatic carboxylic acids is 1. The minimum Gasteiger partial charge on any atom is -0.478 e. The van der Waals surface area contributed by atoms with Crippen LogP contribution in [0.3, 0.4) is 0 Å². The Morgan fingerprint density at radius 1 is 1.47 bits per heavy atom. The predicted octanol–water partition coefficient (Wildman–Crippen LogP) is 0.519. The molecule has 106 valence electrons. The van der Waals surface area contributed by atoms with E-state index >= 15 is 0 Å². The summed E-state index contributed by atoms with van der Waals surface area (Å²) in [4.78, 5) is 14.8. The Labute approximate surface area is 112 Å². The van der Waals surface area contributed by atoms with Crippen LogP contribution in [0, 0.1) is 0 Å². The molecule has 0 aliphatic rings. The zero-order chi connectivity index (χ0) is 14.7. The quantitative estimate of drug-likeness (QED) is 0.704. The molecule has 0 aliphatic carbocycles. The number of nitrogens with zero attached hydrogens (tertiary/aromatic N) is 1. The minimum atomic E-state index is -3.33. The SMILES string of the molecule is CC(C)(CNc1cnccc1C(=O)O)NS(C)(=O)=O. The van der Waals surface area contributed by atoms with Crippen LogP contribution in [0.2, 0.25) is 0 Å². The van der Waals surface area contributed by atoms with Gasteiger partial charge in [0.25, 0.3) is 0 Å². The van der Waals surface area contributed by atoms with Gasteiger partial charge in [-0.25, -0.2) is 17.9 Å². The molecule has 1 heterocycles. The smallest absolute Gasteiger partial charge is 0.337 e. The number of pyridine rings is 1. The van der Waals surface area contributed by atoms with Crippen molar-refractivity contribution in [2.75, 3.05) is 18.1 Å². The van der Waals surface area contributed by atoms with Crippen molar-refractivity contribution >= 4 is 21.7 Å². The Bertz CT molecular complexity index is 569. The van der Waals surface area contributed by atoms with Gasteiger partial charge in [-0.3, -0.25) is 4.98 Å². The summed E-state index contributed by atoms with van der Waals surface area (Å²) in [5.74, 6) is -1.07. The zero-order valence-electron chi connectivity index (χ0n) is 11.0. The molecule has 0 bridgehead atoms. The highest BCUT2D eigenvalue weighted by molar-refractivity contribution is 7.88. The summed E-state index contributed by atoms with van der Waals surface area (Å²) in [5.41, 5.74) is -0.317. The fourth-order valence-corrected chi connectivity index (χ4v) is 2.65. The van der Waals surface area contributed by atoms with Crippen LogP contribution < -0.4 is 10.0 Å². The highest BCUT2D eigenvalue weighted by Crippen LogP contribution is 2.15. The van der Waals surface area contributed by atoms with Crippen LogP contribution in [-0.4, -0.2) is 42.8 Å². The summed E-state index contributed by atoms with van der Waals surface area (Å²) in [6.45, 7) is 3.61. The summed E-state index contributed by atoms with van der Waals surface area (Å²) in [6, 6.07) is 1.38. The Morgan fingerprint density at radius 2 is 2.11 bits per heavy atom. The van der Waals surface area contributed by atoms with Gasteiger partial charge in [0.2, 0.25) is 10.0 Å². The molecule has 3 N–H and O–H groups in total. The van der Waals surface area contributed by atoms with Crippen LogP contribution in [0.15, 0.2) is 18.5 Å². The third kappa shape index (κ3) is 5.23. The van der Waals surface area contributed by atoms with Crippen molar-refractivity contribution in [3.8, 4) is 0 Å². The molecule has 0 aromatic carbocycles. The lowest BCUT2D eigenvalue weighted by Crippen LogP contribution is -2.47. The molecule has 0 spiro atoms. The van der Waals surface area contributed by atoms with Crippen LogP contribution in [0.25, 0.3) is 0 Å². The van der Waals surface area contributed by atoms with Crippen LogP contribution in [-0.2, 0) is 10.0 Å². The summed E-state index contributed by atoms with van der Waals surface area (Å²) in [6.07, 6.45) is 3.84. The minimum absolute atomic E-state index is 0.0881. The number of carboxylic acid groups (broad SMARTS) is 1. The van der Waals surface area contributed by atoms with E-state index in [0.29, 0.717) is 5.69 Å². The number of carbonyl (C=O) groups is 1. The number of rotatable bonds is 6. The highest BCUT2D eigenvalue weighted by Gasteiger charge is 2.22. The van der Waals surface area contributed by atoms with Crippen molar-refractivity contribution in [1.29, 1.82) is 0 Å². The molecule has 0 atom stereocenters. The lowest BCUT2D eigenvalue weighted by atomic mass is 10.1. The van der Waals surface area contributed by atoms with Crippen molar-refractivity contribution in [1.82, 2.24) is 9.71 Å². The van der Waals surface area contributed by atoms with Crippen molar-refractivity contribution in [3.05, 3.63) is 24.0 Å². The van der Waals surface area contributed by atoms with E-state index in [0.717, 1.165) is 6.26 Å². The topological polar surface area (TPSA) is 108 Å². The monoisotopic (exact) mass is 287 g/mol. The van der Waals surface area contributed by atoms with Crippen molar-refractivity contribution < 1.29 is 18.3 Å². The molecule has 19 heavy (non-hydrogen) atoms. The lowest BCUT2D eigenvalue weighted by Gasteiger charge is -2.26. The second-order valence-electron chi connectivity index (χ2n) is 4.84. The Balaban J connectivity index is 2.80. The number of hydrogen-bond donors (Lipinski definition) is 3. The van der Waals surface area contributed by atoms with Gasteiger partial charge in [0.05, 0.1) is 23.7 Å². The molecule has 0 saturated heterocycles. The molecule has 0 amide bonds. The van der Waals surface area contributed by atoms with E-state index in [1.807, 2.05) is 0 Å². The maximum absolute atomic E-state index is 11.2. The molecule has 0 saturated carbocycles. The first-order valence-corrected chi connectivity index (χ1v) is 7.40. The molecule has 8 heteroatoms. The molecule has 1 aromatic heterocycles. The fourth-order valence-electron chi connectivity index (χ4n) is 1.58. The second-order valence-corrected chi connectivity index (χ2v) is 6.59. The average molecular weight is 287 g/mol. The van der Waals surface area contributed by atoms with Crippen LogP contribution in [0.1, 0.15) is 24.2 Å². The van der Waals surface area contributed by atoms with Gasteiger partial charge in [-0.05, 0) is 19.9 Å².